The molecule has 0 aromatic carbocycles. The van der Waals surface area contributed by atoms with Gasteiger partial charge in [0.2, 0.25) is 0 Å². The number of sulfone groups is 1. The Morgan fingerprint density at radius 1 is 1.58 bits per heavy atom. The van der Waals surface area contributed by atoms with Crippen LogP contribution >= 0.6 is 0 Å². The molecule has 0 amide bonds. The molecule has 1 aromatic heterocycles. The van der Waals surface area contributed by atoms with Crippen LogP contribution in [0, 0.1) is 6.92 Å². The highest BCUT2D eigenvalue weighted by Crippen LogP contribution is 2.08. The lowest BCUT2D eigenvalue weighted by atomic mass is 10.3. The second-order valence-corrected chi connectivity index (χ2v) is 4.63. The van der Waals surface area contributed by atoms with Crippen LogP contribution in [0.15, 0.2) is 23.4 Å². The average molecular weight is 184 g/mol. The fourth-order valence-corrected chi connectivity index (χ4v) is 1.62. The third-order valence-corrected chi connectivity index (χ3v) is 3.12. The summed E-state index contributed by atoms with van der Waals surface area (Å²) in [5.41, 5.74) is 0.664. The minimum absolute atomic E-state index is 0.0729. The van der Waals surface area contributed by atoms with Crippen molar-refractivity contribution in [1.29, 1.82) is 0 Å². The number of rotatable bonds is 2. The fourth-order valence-electron chi connectivity index (χ4n) is 0.768. The zero-order valence-electron chi connectivity index (χ0n) is 6.82. The summed E-state index contributed by atoms with van der Waals surface area (Å²) >= 11 is 0. The van der Waals surface area contributed by atoms with Gasteiger partial charge in [-0.1, -0.05) is 6.92 Å². The summed E-state index contributed by atoms with van der Waals surface area (Å²) in [7, 11) is -3.17. The normalized spacial score (nSPS) is 11.5. The first-order chi connectivity index (χ1) is 5.56. The lowest BCUT2D eigenvalue weighted by molar-refractivity contribution is 0.593. The van der Waals surface area contributed by atoms with Gasteiger partial charge in [-0.3, -0.25) is 0 Å². The van der Waals surface area contributed by atoms with Gasteiger partial charge in [0.1, 0.15) is 0 Å². The molecule has 0 N–H and O–H groups in total. The van der Waals surface area contributed by atoms with Gasteiger partial charge in [0, 0.05) is 6.20 Å². The molecular formula is C8H10NO2S. The van der Waals surface area contributed by atoms with Crippen LogP contribution in [0.1, 0.15) is 12.5 Å². The summed E-state index contributed by atoms with van der Waals surface area (Å²) in [6, 6.07) is 3.13. The number of hydrogen-bond acceptors (Lipinski definition) is 3. The summed E-state index contributed by atoms with van der Waals surface area (Å²) in [5, 5.41) is 0.109. The fraction of sp³-hybridized carbons (Fsp3) is 0.250. The van der Waals surface area contributed by atoms with E-state index in [4.69, 9.17) is 0 Å². The van der Waals surface area contributed by atoms with E-state index in [1.165, 1.54) is 12.3 Å². The topological polar surface area (TPSA) is 47.0 Å². The van der Waals surface area contributed by atoms with Crippen molar-refractivity contribution < 1.29 is 8.42 Å². The Kier molecular flexibility index (Phi) is 2.47. The van der Waals surface area contributed by atoms with Crippen LogP contribution in [0.5, 0.6) is 0 Å². The van der Waals surface area contributed by atoms with Crippen molar-refractivity contribution in [2.24, 2.45) is 0 Å². The second-order valence-electron chi connectivity index (χ2n) is 2.41. The lowest BCUT2D eigenvalue weighted by Crippen LogP contribution is -2.05. The van der Waals surface area contributed by atoms with E-state index in [1.54, 1.807) is 13.0 Å². The summed E-state index contributed by atoms with van der Waals surface area (Å²) in [6.45, 7) is 5.21. The Balaban J connectivity index is 3.21. The molecule has 0 unspecified atom stereocenters. The van der Waals surface area contributed by atoms with Crippen molar-refractivity contribution in [3.05, 3.63) is 30.8 Å². The Morgan fingerprint density at radius 3 is 2.75 bits per heavy atom. The predicted octanol–water partition coefficient (Wildman–Crippen LogP) is 1.06. The van der Waals surface area contributed by atoms with Gasteiger partial charge in [-0.15, -0.1) is 0 Å². The molecule has 0 bridgehead atoms. The Hall–Kier alpha value is -0.900. The molecule has 1 aromatic rings. The van der Waals surface area contributed by atoms with Gasteiger partial charge in [-0.25, -0.2) is 13.4 Å². The molecule has 0 saturated carbocycles. The van der Waals surface area contributed by atoms with Gasteiger partial charge in [-0.2, -0.15) is 0 Å². The maximum absolute atomic E-state index is 11.3. The molecule has 0 aliphatic rings. The molecule has 0 aliphatic carbocycles. The number of aromatic nitrogens is 1. The smallest absolute Gasteiger partial charge is 0.195 e. The molecule has 0 fully saturated rings. The first-order valence-corrected chi connectivity index (χ1v) is 5.22. The van der Waals surface area contributed by atoms with Crippen molar-refractivity contribution in [3.8, 4) is 0 Å². The van der Waals surface area contributed by atoms with Gasteiger partial charge in [-0.05, 0) is 24.6 Å². The van der Waals surface area contributed by atoms with Gasteiger partial charge in [0.25, 0.3) is 0 Å². The maximum atomic E-state index is 11.3. The van der Waals surface area contributed by atoms with Crippen molar-refractivity contribution >= 4 is 9.84 Å². The van der Waals surface area contributed by atoms with E-state index in [2.05, 4.69) is 11.9 Å². The highest BCUT2D eigenvalue weighted by atomic mass is 32.2. The number of hydrogen-bond donors (Lipinski definition) is 0. The van der Waals surface area contributed by atoms with Crippen LogP contribution in [-0.4, -0.2) is 19.2 Å². The highest BCUT2D eigenvalue weighted by Gasteiger charge is 2.11. The highest BCUT2D eigenvalue weighted by molar-refractivity contribution is 7.91. The summed E-state index contributed by atoms with van der Waals surface area (Å²) in [4.78, 5) is 3.75. The molecule has 0 saturated heterocycles. The number of nitrogens with zero attached hydrogens (tertiary/aromatic N) is 1. The summed E-state index contributed by atoms with van der Waals surface area (Å²) in [6.07, 6.45) is 1.45. The van der Waals surface area contributed by atoms with Crippen LogP contribution in [0.3, 0.4) is 0 Å². The lowest BCUT2D eigenvalue weighted by Gasteiger charge is -1.99. The van der Waals surface area contributed by atoms with Gasteiger partial charge in [0.15, 0.2) is 14.9 Å². The van der Waals surface area contributed by atoms with E-state index in [-0.39, 0.29) is 10.8 Å². The standard InChI is InChI=1S/C8H10NO2S/c1-3-12(10,11)8-6-7(2)4-5-9-8/h4-6H,2-3H2,1H3. The molecule has 65 valence electrons. The van der Waals surface area contributed by atoms with Gasteiger partial charge >= 0.3 is 0 Å². The maximum Gasteiger partial charge on any atom is 0.195 e. The first kappa shape index (κ1) is 9.19. The summed E-state index contributed by atoms with van der Waals surface area (Å²) in [5.74, 6) is 0.0729. The van der Waals surface area contributed by atoms with Crippen LogP contribution in [0.4, 0.5) is 0 Å². The zero-order valence-corrected chi connectivity index (χ0v) is 7.63. The zero-order chi connectivity index (χ0) is 9.19. The first-order valence-electron chi connectivity index (χ1n) is 3.57. The Labute approximate surface area is 72.4 Å². The third kappa shape index (κ3) is 1.82. The van der Waals surface area contributed by atoms with E-state index in [0.717, 1.165) is 0 Å². The molecular weight excluding hydrogens is 174 g/mol. The van der Waals surface area contributed by atoms with E-state index in [0.29, 0.717) is 5.56 Å². The third-order valence-electron chi connectivity index (χ3n) is 1.50. The molecule has 0 atom stereocenters. The van der Waals surface area contributed by atoms with Crippen molar-refractivity contribution in [1.82, 2.24) is 4.98 Å². The van der Waals surface area contributed by atoms with Gasteiger partial charge in [0.05, 0.1) is 5.75 Å². The minimum atomic E-state index is -3.17. The van der Waals surface area contributed by atoms with Crippen molar-refractivity contribution in [3.63, 3.8) is 0 Å². The number of pyridine rings is 1. The second kappa shape index (κ2) is 3.23. The predicted molar refractivity (Wildman–Crippen MR) is 46.4 cm³/mol. The minimum Gasteiger partial charge on any atom is -0.245 e. The molecule has 1 radical (unpaired) electrons. The average Bonchev–Trinajstić information content (AvgIpc) is 2.05. The SMILES string of the molecule is [CH2]c1ccnc(S(=O)(=O)CC)c1. The molecule has 4 heteroatoms. The monoisotopic (exact) mass is 184 g/mol. The molecule has 1 heterocycles. The van der Waals surface area contributed by atoms with E-state index < -0.39 is 9.84 Å². The molecule has 12 heavy (non-hydrogen) atoms. The van der Waals surface area contributed by atoms with E-state index in [1.807, 2.05) is 0 Å². The van der Waals surface area contributed by atoms with Crippen molar-refractivity contribution in [2.45, 2.75) is 11.9 Å². The molecule has 0 aliphatic heterocycles. The van der Waals surface area contributed by atoms with Gasteiger partial charge < -0.3 is 0 Å². The molecule has 0 spiro atoms. The van der Waals surface area contributed by atoms with Crippen LogP contribution < -0.4 is 0 Å². The quantitative estimate of drug-likeness (QED) is 0.690. The summed E-state index contributed by atoms with van der Waals surface area (Å²) < 4.78 is 22.5. The van der Waals surface area contributed by atoms with E-state index in [9.17, 15) is 8.42 Å². The largest absolute Gasteiger partial charge is 0.245 e. The Bertz CT molecular complexity index is 370. The Morgan fingerprint density at radius 2 is 2.25 bits per heavy atom. The van der Waals surface area contributed by atoms with Crippen LogP contribution in [0.25, 0.3) is 0 Å². The van der Waals surface area contributed by atoms with Crippen molar-refractivity contribution in [2.75, 3.05) is 5.75 Å². The van der Waals surface area contributed by atoms with Crippen LogP contribution in [-0.2, 0) is 9.84 Å². The van der Waals surface area contributed by atoms with E-state index >= 15 is 0 Å². The molecule has 1 rings (SSSR count). The molecule has 3 nitrogen and oxygen atoms in total. The van der Waals surface area contributed by atoms with Crippen LogP contribution in [0.2, 0.25) is 0 Å².